The molecule has 1 N–H and O–H groups in total. The van der Waals surface area contributed by atoms with E-state index in [0.29, 0.717) is 23.0 Å². The van der Waals surface area contributed by atoms with Gasteiger partial charge in [0.15, 0.2) is 0 Å². The van der Waals surface area contributed by atoms with E-state index in [0.717, 1.165) is 37.6 Å². The summed E-state index contributed by atoms with van der Waals surface area (Å²) in [5.41, 5.74) is 1.67. The molecule has 1 saturated heterocycles. The van der Waals surface area contributed by atoms with Crippen molar-refractivity contribution in [3.8, 4) is 28.3 Å². The van der Waals surface area contributed by atoms with Gasteiger partial charge in [-0.2, -0.15) is 5.26 Å². The van der Waals surface area contributed by atoms with Gasteiger partial charge in [-0.05, 0) is 60.8 Å². The minimum absolute atomic E-state index is 0.0974. The molecule has 1 aromatic heterocycles. The van der Waals surface area contributed by atoms with Crippen LogP contribution in [0.5, 0.6) is 0 Å². The number of benzene rings is 3. The number of nitrogens with zero attached hydrogens (tertiary/aromatic N) is 3. The van der Waals surface area contributed by atoms with E-state index in [1.807, 2.05) is 6.07 Å². The first kappa shape index (κ1) is 24.5. The fraction of sp³-hybridized carbons (Fsp3) is 0.207. The fourth-order valence-electron chi connectivity index (χ4n) is 4.88. The van der Waals surface area contributed by atoms with Gasteiger partial charge in [0.25, 0.3) is 5.91 Å². The van der Waals surface area contributed by atoms with Crippen LogP contribution in [0.1, 0.15) is 28.8 Å². The Labute approximate surface area is 212 Å². The van der Waals surface area contributed by atoms with Crippen molar-refractivity contribution in [2.24, 2.45) is 0 Å². The molecule has 1 atom stereocenters. The number of carbonyl (C=O) groups excluding carboxylic acids is 1. The smallest absolute Gasteiger partial charge is 0.255 e. The Hall–Kier alpha value is -4.22. The molecule has 0 spiro atoms. The zero-order valence-electron chi connectivity index (χ0n) is 20.1. The second-order valence-corrected chi connectivity index (χ2v) is 9.19. The number of rotatable bonds is 5. The Kier molecular flexibility index (Phi) is 6.64. The number of carbonyl (C=O) groups is 1. The van der Waals surface area contributed by atoms with Crippen LogP contribution in [0.15, 0.2) is 60.8 Å². The molecular formula is C29H23F3N4O. The molecule has 1 amide bonds. The molecule has 4 aromatic rings. The molecule has 1 aliphatic rings. The number of amides is 1. The molecule has 3 aromatic carbocycles. The van der Waals surface area contributed by atoms with Crippen molar-refractivity contribution in [1.29, 1.82) is 5.26 Å². The van der Waals surface area contributed by atoms with Gasteiger partial charge in [-0.1, -0.05) is 18.2 Å². The highest BCUT2D eigenvalue weighted by molar-refractivity contribution is 6.12. The maximum Gasteiger partial charge on any atom is 0.255 e. The van der Waals surface area contributed by atoms with Gasteiger partial charge in [0, 0.05) is 48.4 Å². The first-order chi connectivity index (χ1) is 17.9. The summed E-state index contributed by atoms with van der Waals surface area (Å²) in [7, 11) is 1.68. The van der Waals surface area contributed by atoms with Crippen molar-refractivity contribution in [3.63, 3.8) is 0 Å². The van der Waals surface area contributed by atoms with Gasteiger partial charge in [-0.15, -0.1) is 0 Å². The van der Waals surface area contributed by atoms with Crippen molar-refractivity contribution >= 4 is 16.8 Å². The number of likely N-dealkylation sites (N-methyl/N-ethyl adjacent to an activating group) is 1. The quantitative estimate of drug-likeness (QED) is 0.383. The van der Waals surface area contributed by atoms with E-state index in [9.17, 15) is 18.8 Å². The highest BCUT2D eigenvalue weighted by Crippen LogP contribution is 2.34. The minimum Gasteiger partial charge on any atom is -0.340 e. The summed E-state index contributed by atoms with van der Waals surface area (Å²) in [5.74, 6) is -2.57. The number of nitriles is 1. The van der Waals surface area contributed by atoms with Gasteiger partial charge < -0.3 is 10.2 Å². The maximum atomic E-state index is 15.0. The van der Waals surface area contributed by atoms with Crippen LogP contribution in [0.25, 0.3) is 33.2 Å². The number of hydrogen-bond acceptors (Lipinski definition) is 4. The van der Waals surface area contributed by atoms with Crippen LogP contribution < -0.4 is 5.32 Å². The van der Waals surface area contributed by atoms with E-state index in [2.05, 4.69) is 10.3 Å². The van der Waals surface area contributed by atoms with E-state index in [1.54, 1.807) is 42.3 Å². The van der Waals surface area contributed by atoms with Crippen molar-refractivity contribution in [3.05, 3.63) is 89.4 Å². The normalized spacial score (nSPS) is 15.1. The number of pyridine rings is 1. The summed E-state index contributed by atoms with van der Waals surface area (Å²) < 4.78 is 43.3. The number of fused-ring (bicyclic) bond motifs is 1. The van der Waals surface area contributed by atoms with Gasteiger partial charge in [0.05, 0.1) is 16.6 Å². The van der Waals surface area contributed by atoms with Crippen LogP contribution in [0.4, 0.5) is 13.2 Å². The van der Waals surface area contributed by atoms with Crippen LogP contribution >= 0.6 is 0 Å². The molecule has 37 heavy (non-hydrogen) atoms. The molecule has 2 heterocycles. The summed E-state index contributed by atoms with van der Waals surface area (Å²) >= 11 is 0. The third-order valence-corrected chi connectivity index (χ3v) is 6.69. The summed E-state index contributed by atoms with van der Waals surface area (Å²) in [4.78, 5) is 19.9. The van der Waals surface area contributed by atoms with Crippen LogP contribution in [0, 0.1) is 28.8 Å². The molecule has 8 heteroatoms. The van der Waals surface area contributed by atoms with E-state index in [1.165, 1.54) is 12.3 Å². The second kappa shape index (κ2) is 10.0. The first-order valence-corrected chi connectivity index (χ1v) is 11.9. The topological polar surface area (TPSA) is 69.0 Å². The van der Waals surface area contributed by atoms with Crippen molar-refractivity contribution < 1.29 is 18.0 Å². The lowest BCUT2D eigenvalue weighted by Gasteiger charge is -2.24. The SMILES string of the molecule is CN(C[C@@H]1CCCN1)C(=O)c1c(-c2cc(F)cc(F)c2)cnc2ccc(-c3cccc(C#N)c3F)cc12. The molecular weight excluding hydrogens is 477 g/mol. The third kappa shape index (κ3) is 4.78. The molecule has 0 radical (unpaired) electrons. The number of halogens is 3. The number of aromatic nitrogens is 1. The lowest BCUT2D eigenvalue weighted by atomic mass is 9.93. The lowest BCUT2D eigenvalue weighted by molar-refractivity contribution is 0.0786. The zero-order chi connectivity index (χ0) is 26.1. The maximum absolute atomic E-state index is 15.0. The molecule has 0 unspecified atom stereocenters. The average Bonchev–Trinajstić information content (AvgIpc) is 3.40. The van der Waals surface area contributed by atoms with Crippen LogP contribution in [-0.4, -0.2) is 42.0 Å². The summed E-state index contributed by atoms with van der Waals surface area (Å²) in [6.45, 7) is 1.34. The molecule has 1 fully saturated rings. The van der Waals surface area contributed by atoms with E-state index >= 15 is 4.39 Å². The Balaban J connectivity index is 1.72. The van der Waals surface area contributed by atoms with Crippen molar-refractivity contribution in [2.75, 3.05) is 20.1 Å². The molecule has 186 valence electrons. The van der Waals surface area contributed by atoms with Gasteiger partial charge in [-0.3, -0.25) is 9.78 Å². The Bertz CT molecular complexity index is 1540. The largest absolute Gasteiger partial charge is 0.340 e. The fourth-order valence-corrected chi connectivity index (χ4v) is 4.88. The summed E-state index contributed by atoms with van der Waals surface area (Å²) in [6, 6.07) is 14.5. The average molecular weight is 501 g/mol. The Morgan fingerprint density at radius 3 is 2.57 bits per heavy atom. The molecule has 0 aliphatic carbocycles. The minimum atomic E-state index is -0.777. The highest BCUT2D eigenvalue weighted by atomic mass is 19.1. The Morgan fingerprint density at radius 2 is 1.86 bits per heavy atom. The zero-order valence-corrected chi connectivity index (χ0v) is 20.1. The number of hydrogen-bond donors (Lipinski definition) is 1. The predicted octanol–water partition coefficient (Wildman–Crippen LogP) is 5.68. The standard InChI is InChI=1S/C29H23F3N4O/c1-36(16-22-5-3-9-34-22)29(37)27-24-12-17(23-6-2-4-18(14-33)28(23)32)7-8-26(24)35-15-25(27)19-10-20(30)13-21(31)11-19/h2,4,6-8,10-13,15,22,34H,3,5,9,16H2,1H3/t22-/m0/s1. The van der Waals surface area contributed by atoms with E-state index in [-0.39, 0.29) is 39.8 Å². The second-order valence-electron chi connectivity index (χ2n) is 9.19. The Morgan fingerprint density at radius 1 is 1.08 bits per heavy atom. The van der Waals surface area contributed by atoms with Gasteiger partial charge in [0.1, 0.15) is 23.5 Å². The van der Waals surface area contributed by atoms with Gasteiger partial charge >= 0.3 is 0 Å². The van der Waals surface area contributed by atoms with Crippen molar-refractivity contribution in [2.45, 2.75) is 18.9 Å². The molecule has 5 rings (SSSR count). The van der Waals surface area contributed by atoms with E-state index < -0.39 is 17.5 Å². The lowest BCUT2D eigenvalue weighted by Crippen LogP contribution is -2.38. The summed E-state index contributed by atoms with van der Waals surface area (Å²) in [5, 5.41) is 13.0. The molecule has 0 saturated carbocycles. The van der Waals surface area contributed by atoms with Crippen LogP contribution in [0.3, 0.4) is 0 Å². The van der Waals surface area contributed by atoms with Crippen LogP contribution in [-0.2, 0) is 0 Å². The van der Waals surface area contributed by atoms with Gasteiger partial charge in [-0.25, -0.2) is 13.2 Å². The van der Waals surface area contributed by atoms with E-state index in [4.69, 9.17) is 0 Å². The molecule has 1 aliphatic heterocycles. The predicted molar refractivity (Wildman–Crippen MR) is 135 cm³/mol. The number of nitrogens with one attached hydrogen (secondary N) is 1. The van der Waals surface area contributed by atoms with Crippen molar-refractivity contribution in [1.82, 2.24) is 15.2 Å². The van der Waals surface area contributed by atoms with Crippen LogP contribution in [0.2, 0.25) is 0 Å². The first-order valence-electron chi connectivity index (χ1n) is 11.9. The van der Waals surface area contributed by atoms with Gasteiger partial charge in [0.2, 0.25) is 0 Å². The molecule has 5 nitrogen and oxygen atoms in total. The highest BCUT2D eigenvalue weighted by Gasteiger charge is 2.25. The third-order valence-electron chi connectivity index (χ3n) is 6.69. The summed E-state index contributed by atoms with van der Waals surface area (Å²) in [6.07, 6.45) is 3.40. The monoisotopic (exact) mass is 500 g/mol. The molecule has 0 bridgehead atoms.